The summed E-state index contributed by atoms with van der Waals surface area (Å²) in [5.41, 5.74) is -0.829. The lowest BCUT2D eigenvalue weighted by atomic mass is 10.3. The maximum Gasteiger partial charge on any atom is 0.267 e. The van der Waals surface area contributed by atoms with Crippen molar-refractivity contribution in [3.63, 3.8) is 0 Å². The molecule has 15 heavy (non-hydrogen) atoms. The largest absolute Gasteiger partial charge is 0.267 e. The Morgan fingerprint density at radius 2 is 2.07 bits per heavy atom. The van der Waals surface area contributed by atoms with Crippen LogP contribution in [0.5, 0.6) is 0 Å². The number of nitrogens with zero attached hydrogens (tertiary/aromatic N) is 1. The molecule has 4 nitrogen and oxygen atoms in total. The summed E-state index contributed by atoms with van der Waals surface area (Å²) < 4.78 is 46.8. The number of sulfonamides is 1. The molecule has 84 valence electrons. The zero-order valence-corrected chi connectivity index (χ0v) is 10.1. The van der Waals surface area contributed by atoms with Crippen LogP contribution < -0.4 is 5.14 Å². The molecule has 0 atom stereocenters. The monoisotopic (exact) mass is 320 g/mol. The van der Waals surface area contributed by atoms with E-state index < -0.39 is 27.0 Å². The standard InChI is InChI=1S/C6H4BrClF2N2O2S/c7-4-2(8)1-12-6(15(11,13)14)3(4)5(9)10/h1,5H,(H2,11,13,14). The average Bonchev–Trinajstić information content (AvgIpc) is 2.06. The smallest absolute Gasteiger partial charge is 0.241 e. The third kappa shape index (κ3) is 2.63. The van der Waals surface area contributed by atoms with E-state index in [-0.39, 0.29) is 9.50 Å². The van der Waals surface area contributed by atoms with E-state index in [1.807, 2.05) is 0 Å². The summed E-state index contributed by atoms with van der Waals surface area (Å²) in [6.07, 6.45) is -2.11. The maximum atomic E-state index is 12.6. The van der Waals surface area contributed by atoms with Crippen LogP contribution in [0, 0.1) is 0 Å². The predicted molar refractivity (Wildman–Crippen MR) is 53.3 cm³/mol. The van der Waals surface area contributed by atoms with Gasteiger partial charge in [0.05, 0.1) is 10.6 Å². The van der Waals surface area contributed by atoms with E-state index in [0.717, 1.165) is 6.20 Å². The molecular weight excluding hydrogens is 317 g/mol. The molecule has 9 heteroatoms. The summed E-state index contributed by atoms with van der Waals surface area (Å²) in [6.45, 7) is 0. The quantitative estimate of drug-likeness (QED) is 0.906. The van der Waals surface area contributed by atoms with Crippen molar-refractivity contribution >= 4 is 37.6 Å². The molecule has 0 spiro atoms. The van der Waals surface area contributed by atoms with Gasteiger partial charge >= 0.3 is 0 Å². The number of rotatable bonds is 2. The molecule has 1 aromatic rings. The second-order valence-electron chi connectivity index (χ2n) is 2.48. The Labute approximate surface area is 97.6 Å². The highest BCUT2D eigenvalue weighted by Crippen LogP contribution is 2.35. The Morgan fingerprint density at radius 3 is 2.47 bits per heavy atom. The van der Waals surface area contributed by atoms with Gasteiger partial charge in [-0.15, -0.1) is 0 Å². The van der Waals surface area contributed by atoms with Gasteiger partial charge in [-0.3, -0.25) is 0 Å². The summed E-state index contributed by atoms with van der Waals surface area (Å²) in [4.78, 5) is 3.28. The summed E-state index contributed by atoms with van der Waals surface area (Å²) in [7, 11) is -4.30. The van der Waals surface area contributed by atoms with Crippen LogP contribution >= 0.6 is 27.5 Å². The summed E-state index contributed by atoms with van der Waals surface area (Å²) >= 11 is 8.25. The molecule has 1 rings (SSSR count). The molecule has 0 aliphatic heterocycles. The van der Waals surface area contributed by atoms with Gasteiger partial charge in [-0.2, -0.15) is 0 Å². The third-order valence-electron chi connectivity index (χ3n) is 1.46. The Bertz CT molecular complexity index is 494. The SMILES string of the molecule is NS(=O)(=O)c1ncc(Cl)c(Br)c1C(F)F. The Morgan fingerprint density at radius 1 is 1.53 bits per heavy atom. The topological polar surface area (TPSA) is 73.1 Å². The van der Waals surface area contributed by atoms with Crippen LogP contribution in [0.15, 0.2) is 15.7 Å². The van der Waals surface area contributed by atoms with Gasteiger partial charge in [-0.1, -0.05) is 11.6 Å². The molecule has 0 aliphatic rings. The minimum absolute atomic E-state index is 0.113. The number of halogens is 4. The van der Waals surface area contributed by atoms with Gasteiger partial charge in [-0.25, -0.2) is 27.3 Å². The minimum atomic E-state index is -4.30. The number of hydrogen-bond donors (Lipinski definition) is 1. The lowest BCUT2D eigenvalue weighted by Crippen LogP contribution is -2.17. The first-order valence-corrected chi connectivity index (χ1v) is 6.11. The van der Waals surface area contributed by atoms with Gasteiger partial charge in [0, 0.05) is 10.7 Å². The fourth-order valence-corrected chi connectivity index (χ4v) is 2.32. The maximum absolute atomic E-state index is 12.6. The fourth-order valence-electron chi connectivity index (χ4n) is 0.880. The average molecular weight is 322 g/mol. The van der Waals surface area contributed by atoms with E-state index in [4.69, 9.17) is 16.7 Å². The Balaban J connectivity index is 3.62. The van der Waals surface area contributed by atoms with Crippen LogP contribution in [-0.4, -0.2) is 13.4 Å². The van der Waals surface area contributed by atoms with E-state index in [2.05, 4.69) is 20.9 Å². The van der Waals surface area contributed by atoms with Crippen LogP contribution in [0.2, 0.25) is 5.02 Å². The molecular formula is C6H4BrClF2N2O2S. The van der Waals surface area contributed by atoms with Crippen molar-refractivity contribution in [2.45, 2.75) is 11.5 Å². The number of primary sulfonamides is 1. The molecule has 1 aromatic heterocycles. The van der Waals surface area contributed by atoms with E-state index in [9.17, 15) is 17.2 Å². The first-order chi connectivity index (χ1) is 6.75. The van der Waals surface area contributed by atoms with Crippen LogP contribution in [0.3, 0.4) is 0 Å². The predicted octanol–water partition coefficient (Wildman–Crippen LogP) is 2.08. The first-order valence-electron chi connectivity index (χ1n) is 3.40. The molecule has 0 aliphatic carbocycles. The number of hydrogen-bond acceptors (Lipinski definition) is 3. The van der Waals surface area contributed by atoms with Gasteiger partial charge in [0.25, 0.3) is 16.4 Å². The van der Waals surface area contributed by atoms with Crippen LogP contribution in [0.25, 0.3) is 0 Å². The minimum Gasteiger partial charge on any atom is -0.241 e. The highest BCUT2D eigenvalue weighted by Gasteiger charge is 2.26. The molecule has 0 amide bonds. The molecule has 0 saturated carbocycles. The van der Waals surface area contributed by atoms with E-state index in [1.54, 1.807) is 0 Å². The number of alkyl halides is 2. The molecule has 0 bridgehead atoms. The Kier molecular flexibility index (Phi) is 3.64. The van der Waals surface area contributed by atoms with Crippen molar-refractivity contribution in [1.29, 1.82) is 0 Å². The van der Waals surface area contributed by atoms with Crippen molar-refractivity contribution in [1.82, 2.24) is 4.98 Å². The van der Waals surface area contributed by atoms with E-state index in [1.165, 1.54) is 0 Å². The van der Waals surface area contributed by atoms with Crippen LogP contribution in [0.4, 0.5) is 8.78 Å². The summed E-state index contributed by atoms with van der Waals surface area (Å²) in [5, 5.41) is 3.73. The molecule has 0 saturated heterocycles. The highest BCUT2D eigenvalue weighted by atomic mass is 79.9. The lowest BCUT2D eigenvalue weighted by molar-refractivity contribution is 0.146. The van der Waals surface area contributed by atoms with Crippen LogP contribution in [-0.2, 0) is 10.0 Å². The molecule has 1 heterocycles. The zero-order valence-electron chi connectivity index (χ0n) is 6.92. The molecule has 0 unspecified atom stereocenters. The fraction of sp³-hybridized carbons (Fsp3) is 0.167. The number of pyridine rings is 1. The van der Waals surface area contributed by atoms with E-state index in [0.29, 0.717) is 0 Å². The van der Waals surface area contributed by atoms with Crippen LogP contribution in [0.1, 0.15) is 12.0 Å². The first kappa shape index (κ1) is 12.8. The third-order valence-corrected chi connectivity index (χ3v) is 3.69. The van der Waals surface area contributed by atoms with Crippen molar-refractivity contribution in [2.24, 2.45) is 5.14 Å². The lowest BCUT2D eigenvalue weighted by Gasteiger charge is -2.08. The van der Waals surface area contributed by atoms with Gasteiger partial charge in [-0.05, 0) is 15.9 Å². The second kappa shape index (κ2) is 4.28. The zero-order chi connectivity index (χ0) is 11.8. The van der Waals surface area contributed by atoms with Gasteiger partial charge in [0.2, 0.25) is 0 Å². The second-order valence-corrected chi connectivity index (χ2v) is 5.16. The number of aromatic nitrogens is 1. The summed E-state index contributed by atoms with van der Waals surface area (Å²) in [5.74, 6) is 0. The van der Waals surface area contributed by atoms with Gasteiger partial charge in [0.15, 0.2) is 5.03 Å². The molecule has 0 radical (unpaired) electrons. The molecule has 2 N–H and O–H groups in total. The van der Waals surface area contributed by atoms with Crippen molar-refractivity contribution in [3.8, 4) is 0 Å². The number of nitrogens with two attached hydrogens (primary N) is 1. The van der Waals surface area contributed by atoms with Gasteiger partial charge in [0.1, 0.15) is 0 Å². The van der Waals surface area contributed by atoms with E-state index >= 15 is 0 Å². The normalized spacial score (nSPS) is 12.1. The highest BCUT2D eigenvalue weighted by molar-refractivity contribution is 9.10. The van der Waals surface area contributed by atoms with Crippen molar-refractivity contribution in [2.75, 3.05) is 0 Å². The van der Waals surface area contributed by atoms with Crippen molar-refractivity contribution in [3.05, 3.63) is 21.3 Å². The molecule has 0 fully saturated rings. The van der Waals surface area contributed by atoms with Crippen molar-refractivity contribution < 1.29 is 17.2 Å². The van der Waals surface area contributed by atoms with Gasteiger partial charge < -0.3 is 0 Å². The Hall–Kier alpha value is -0.310. The molecule has 0 aromatic carbocycles. The summed E-state index contributed by atoms with van der Waals surface area (Å²) in [6, 6.07) is 0.